The molecule has 2 aliphatic rings. The van der Waals surface area contributed by atoms with Crippen molar-refractivity contribution in [1.29, 1.82) is 0 Å². The molecule has 0 atom stereocenters. The van der Waals surface area contributed by atoms with Gasteiger partial charge in [-0.3, -0.25) is 9.59 Å². The van der Waals surface area contributed by atoms with E-state index in [4.69, 9.17) is 5.11 Å². The molecule has 0 unspecified atom stereocenters. The van der Waals surface area contributed by atoms with Crippen molar-refractivity contribution >= 4 is 27.6 Å². The van der Waals surface area contributed by atoms with Crippen LogP contribution in [-0.2, 0) is 26.0 Å². The SMILES string of the molecule is O=C(O)CCCC(=O)N1CCc2cc(S(=O)(=O)NC3CCCCCC3)ccc21. The first kappa shape index (κ1) is 20.8. The number of carbonyl (C=O) groups excluding carboxylic acids is 1. The van der Waals surface area contributed by atoms with Crippen molar-refractivity contribution in [2.75, 3.05) is 11.4 Å². The lowest BCUT2D eigenvalue weighted by Gasteiger charge is -2.19. The summed E-state index contributed by atoms with van der Waals surface area (Å²) in [5, 5.41) is 8.70. The Morgan fingerprint density at radius 3 is 2.50 bits per heavy atom. The monoisotopic (exact) mass is 408 g/mol. The van der Waals surface area contributed by atoms with Gasteiger partial charge in [-0.1, -0.05) is 25.7 Å². The Morgan fingerprint density at radius 2 is 1.82 bits per heavy atom. The minimum atomic E-state index is -3.58. The average molecular weight is 409 g/mol. The van der Waals surface area contributed by atoms with Gasteiger partial charge >= 0.3 is 5.97 Å². The highest BCUT2D eigenvalue weighted by atomic mass is 32.2. The van der Waals surface area contributed by atoms with Crippen LogP contribution in [0.4, 0.5) is 5.69 Å². The van der Waals surface area contributed by atoms with Gasteiger partial charge in [-0.15, -0.1) is 0 Å². The number of aliphatic carboxylic acids is 1. The Labute approximate surface area is 166 Å². The Morgan fingerprint density at radius 1 is 1.11 bits per heavy atom. The van der Waals surface area contributed by atoms with Crippen molar-refractivity contribution in [3.63, 3.8) is 0 Å². The smallest absolute Gasteiger partial charge is 0.303 e. The second kappa shape index (κ2) is 9.05. The lowest BCUT2D eigenvalue weighted by Crippen LogP contribution is -2.34. The number of benzene rings is 1. The fourth-order valence-corrected chi connectivity index (χ4v) is 5.37. The number of nitrogens with zero attached hydrogens (tertiary/aromatic N) is 1. The predicted molar refractivity (Wildman–Crippen MR) is 106 cm³/mol. The molecule has 1 heterocycles. The molecule has 0 saturated heterocycles. The first-order chi connectivity index (χ1) is 13.4. The summed E-state index contributed by atoms with van der Waals surface area (Å²) >= 11 is 0. The van der Waals surface area contributed by atoms with E-state index >= 15 is 0 Å². The molecule has 3 rings (SSSR count). The fourth-order valence-electron chi connectivity index (χ4n) is 4.01. The van der Waals surface area contributed by atoms with Crippen LogP contribution in [0.1, 0.15) is 63.4 Å². The normalized spacial score (nSPS) is 17.9. The Kier molecular flexibility index (Phi) is 6.72. The van der Waals surface area contributed by atoms with Gasteiger partial charge in [0.2, 0.25) is 15.9 Å². The first-order valence-corrected chi connectivity index (χ1v) is 11.5. The molecule has 1 amide bonds. The number of hydrogen-bond acceptors (Lipinski definition) is 4. The van der Waals surface area contributed by atoms with E-state index in [-0.39, 0.29) is 29.7 Å². The van der Waals surface area contributed by atoms with Crippen molar-refractivity contribution < 1.29 is 23.1 Å². The van der Waals surface area contributed by atoms with Gasteiger partial charge < -0.3 is 10.0 Å². The van der Waals surface area contributed by atoms with Crippen LogP contribution in [0.25, 0.3) is 0 Å². The van der Waals surface area contributed by atoms with Crippen LogP contribution in [-0.4, -0.2) is 38.0 Å². The number of fused-ring (bicyclic) bond motifs is 1. The van der Waals surface area contributed by atoms with Crippen LogP contribution < -0.4 is 9.62 Å². The van der Waals surface area contributed by atoms with Gasteiger partial charge in [-0.05, 0) is 49.4 Å². The molecule has 28 heavy (non-hydrogen) atoms. The topological polar surface area (TPSA) is 104 Å². The van der Waals surface area contributed by atoms with Crippen molar-refractivity contribution in [3.8, 4) is 0 Å². The third-order valence-corrected chi connectivity index (χ3v) is 7.03. The number of hydrogen-bond donors (Lipinski definition) is 2. The maximum atomic E-state index is 12.8. The third kappa shape index (κ3) is 5.11. The molecule has 0 bridgehead atoms. The number of amides is 1. The maximum Gasteiger partial charge on any atom is 0.303 e. The van der Waals surface area contributed by atoms with Crippen LogP contribution in [0.5, 0.6) is 0 Å². The molecule has 1 aromatic rings. The van der Waals surface area contributed by atoms with Crippen LogP contribution >= 0.6 is 0 Å². The zero-order valence-electron chi connectivity index (χ0n) is 16.0. The lowest BCUT2D eigenvalue weighted by atomic mass is 10.1. The second-order valence-electron chi connectivity index (χ2n) is 7.64. The molecule has 1 saturated carbocycles. The number of anilines is 1. The molecular weight excluding hydrogens is 380 g/mol. The van der Waals surface area contributed by atoms with E-state index in [1.54, 1.807) is 23.1 Å². The number of carboxylic acid groups (broad SMARTS) is 1. The van der Waals surface area contributed by atoms with E-state index in [1.165, 1.54) is 0 Å². The van der Waals surface area contributed by atoms with E-state index in [0.29, 0.717) is 19.4 Å². The molecule has 154 valence electrons. The zero-order valence-corrected chi connectivity index (χ0v) is 16.8. The molecule has 1 aliphatic carbocycles. The molecule has 0 aromatic heterocycles. The molecule has 0 radical (unpaired) electrons. The highest BCUT2D eigenvalue weighted by Gasteiger charge is 2.27. The maximum absolute atomic E-state index is 12.8. The fraction of sp³-hybridized carbons (Fsp3) is 0.600. The van der Waals surface area contributed by atoms with E-state index in [9.17, 15) is 18.0 Å². The zero-order chi connectivity index (χ0) is 20.1. The van der Waals surface area contributed by atoms with Gasteiger partial charge in [0.1, 0.15) is 0 Å². The van der Waals surface area contributed by atoms with E-state index < -0.39 is 16.0 Å². The first-order valence-electron chi connectivity index (χ1n) is 10.0. The minimum absolute atomic E-state index is 0.00642. The molecule has 7 nitrogen and oxygen atoms in total. The molecule has 8 heteroatoms. The molecule has 1 aromatic carbocycles. The summed E-state index contributed by atoms with van der Waals surface area (Å²) in [6.07, 6.45) is 7.23. The molecule has 1 fully saturated rings. The van der Waals surface area contributed by atoms with Crippen LogP contribution in [0.15, 0.2) is 23.1 Å². The number of rotatable bonds is 7. The van der Waals surface area contributed by atoms with Gasteiger partial charge in [0.15, 0.2) is 0 Å². The van der Waals surface area contributed by atoms with Gasteiger partial charge in [-0.25, -0.2) is 13.1 Å². The summed E-state index contributed by atoms with van der Waals surface area (Å²) in [6.45, 7) is 0.501. The number of carbonyl (C=O) groups is 2. The van der Waals surface area contributed by atoms with Crippen LogP contribution in [0.2, 0.25) is 0 Å². The van der Waals surface area contributed by atoms with E-state index in [1.807, 2.05) is 0 Å². The van der Waals surface area contributed by atoms with Crippen molar-refractivity contribution in [1.82, 2.24) is 4.72 Å². The quantitative estimate of drug-likeness (QED) is 0.675. The van der Waals surface area contributed by atoms with E-state index in [0.717, 1.165) is 49.8 Å². The average Bonchev–Trinajstić information content (AvgIpc) is 2.91. The third-order valence-electron chi connectivity index (χ3n) is 5.52. The van der Waals surface area contributed by atoms with Crippen LogP contribution in [0, 0.1) is 0 Å². The minimum Gasteiger partial charge on any atom is -0.481 e. The molecule has 0 spiro atoms. The summed E-state index contributed by atoms with van der Waals surface area (Å²) < 4.78 is 28.4. The van der Waals surface area contributed by atoms with Crippen LogP contribution in [0.3, 0.4) is 0 Å². The van der Waals surface area contributed by atoms with Gasteiger partial charge in [0.25, 0.3) is 0 Å². The predicted octanol–water partition coefficient (Wildman–Crippen LogP) is 2.83. The summed E-state index contributed by atoms with van der Waals surface area (Å²) in [7, 11) is -3.58. The standard InChI is InChI=1S/C20H28N2O5S/c23-19(8-5-9-20(24)25)22-13-12-15-14-17(10-11-18(15)22)28(26,27)21-16-6-3-1-2-4-7-16/h10-11,14,16,21H,1-9,12-13H2,(H,24,25). The Balaban J connectivity index is 1.68. The number of nitrogens with one attached hydrogen (secondary N) is 1. The summed E-state index contributed by atoms with van der Waals surface area (Å²) in [5.41, 5.74) is 1.57. The Bertz CT molecular complexity index is 829. The highest BCUT2D eigenvalue weighted by Crippen LogP contribution is 2.31. The molecular formula is C20H28N2O5S. The van der Waals surface area contributed by atoms with Gasteiger partial charge in [-0.2, -0.15) is 0 Å². The lowest BCUT2D eigenvalue weighted by molar-refractivity contribution is -0.137. The largest absolute Gasteiger partial charge is 0.481 e. The van der Waals surface area contributed by atoms with Crippen molar-refractivity contribution in [2.24, 2.45) is 0 Å². The summed E-state index contributed by atoms with van der Waals surface area (Å²) in [6, 6.07) is 4.91. The van der Waals surface area contributed by atoms with Crippen molar-refractivity contribution in [2.45, 2.75) is 75.1 Å². The molecule has 2 N–H and O–H groups in total. The highest BCUT2D eigenvalue weighted by molar-refractivity contribution is 7.89. The Hall–Kier alpha value is -1.93. The van der Waals surface area contributed by atoms with Gasteiger partial charge in [0, 0.05) is 31.1 Å². The molecule has 1 aliphatic heterocycles. The van der Waals surface area contributed by atoms with Crippen molar-refractivity contribution in [3.05, 3.63) is 23.8 Å². The van der Waals surface area contributed by atoms with Gasteiger partial charge in [0.05, 0.1) is 4.90 Å². The summed E-state index contributed by atoms with van der Waals surface area (Å²) in [5.74, 6) is -1.03. The van der Waals surface area contributed by atoms with E-state index in [2.05, 4.69) is 4.72 Å². The number of carboxylic acids is 1. The second-order valence-corrected chi connectivity index (χ2v) is 9.36. The number of sulfonamides is 1. The summed E-state index contributed by atoms with van der Waals surface area (Å²) in [4.78, 5) is 24.9.